The number of rotatable bonds is 9. The molecule has 0 saturated carbocycles. The van der Waals surface area contributed by atoms with E-state index in [9.17, 15) is 22.8 Å². The molecular formula is C21H25ClN2O7S. The molecule has 0 aliphatic rings. The number of ketones is 1. The minimum absolute atomic E-state index is 0.0368. The van der Waals surface area contributed by atoms with Gasteiger partial charge in [0, 0.05) is 17.8 Å². The maximum Gasteiger partial charge on any atom is 0.340 e. The van der Waals surface area contributed by atoms with Crippen LogP contribution in [0.3, 0.4) is 0 Å². The van der Waals surface area contributed by atoms with Crippen molar-refractivity contribution >= 4 is 39.3 Å². The zero-order valence-electron chi connectivity index (χ0n) is 18.4. The van der Waals surface area contributed by atoms with Crippen LogP contribution in [0.2, 0.25) is 5.02 Å². The molecule has 2 aromatic rings. The minimum Gasteiger partial charge on any atom is -0.462 e. The van der Waals surface area contributed by atoms with E-state index in [4.69, 9.17) is 21.1 Å². The van der Waals surface area contributed by atoms with Crippen molar-refractivity contribution in [2.45, 2.75) is 38.7 Å². The van der Waals surface area contributed by atoms with Crippen LogP contribution in [0.1, 0.15) is 46.0 Å². The summed E-state index contributed by atoms with van der Waals surface area (Å²) in [6.07, 6.45) is -1.21. The molecule has 2 rings (SSSR count). The first kappa shape index (κ1) is 25.6. The summed E-state index contributed by atoms with van der Waals surface area (Å²) < 4.78 is 36.1. The minimum atomic E-state index is -3.95. The van der Waals surface area contributed by atoms with Gasteiger partial charge in [-0.05, 0) is 57.5 Å². The number of aromatic nitrogens is 1. The van der Waals surface area contributed by atoms with Crippen LogP contribution in [-0.4, -0.2) is 61.7 Å². The number of aromatic amines is 1. The van der Waals surface area contributed by atoms with E-state index in [2.05, 4.69) is 4.98 Å². The molecule has 174 valence electrons. The Hall–Kier alpha value is -2.69. The van der Waals surface area contributed by atoms with Crippen LogP contribution >= 0.6 is 11.6 Å². The van der Waals surface area contributed by atoms with Crippen LogP contribution in [0, 0.1) is 13.8 Å². The normalized spacial score (nSPS) is 12.5. The fourth-order valence-electron chi connectivity index (χ4n) is 3.05. The first-order chi connectivity index (χ1) is 14.9. The van der Waals surface area contributed by atoms with Gasteiger partial charge in [-0.25, -0.2) is 13.2 Å². The fourth-order valence-corrected chi connectivity index (χ4v) is 4.29. The van der Waals surface area contributed by atoms with Crippen LogP contribution < -0.4 is 0 Å². The Bertz CT molecular complexity index is 1120. The second kappa shape index (κ2) is 10.3. The average molecular weight is 485 g/mol. The lowest BCUT2D eigenvalue weighted by Gasteiger charge is -2.18. The van der Waals surface area contributed by atoms with Gasteiger partial charge in [0.05, 0.1) is 22.8 Å². The second-order valence-electron chi connectivity index (χ2n) is 7.06. The molecule has 1 aromatic carbocycles. The van der Waals surface area contributed by atoms with E-state index in [0.717, 1.165) is 4.31 Å². The van der Waals surface area contributed by atoms with Crippen molar-refractivity contribution in [2.75, 3.05) is 20.2 Å². The number of nitrogens with zero attached hydrogens (tertiary/aromatic N) is 1. The summed E-state index contributed by atoms with van der Waals surface area (Å²) >= 11 is 5.78. The van der Waals surface area contributed by atoms with Crippen LogP contribution in [0.25, 0.3) is 0 Å². The van der Waals surface area contributed by atoms with Crippen LogP contribution in [-0.2, 0) is 24.3 Å². The van der Waals surface area contributed by atoms with E-state index in [1.165, 1.54) is 38.2 Å². The van der Waals surface area contributed by atoms with Crippen molar-refractivity contribution < 1.29 is 32.3 Å². The third-order valence-corrected chi connectivity index (χ3v) is 6.78. The molecule has 0 aliphatic heterocycles. The van der Waals surface area contributed by atoms with Gasteiger partial charge in [0.15, 0.2) is 6.10 Å². The van der Waals surface area contributed by atoms with E-state index < -0.39 is 40.4 Å². The van der Waals surface area contributed by atoms with Crippen molar-refractivity contribution in [1.82, 2.24) is 9.29 Å². The number of likely N-dealkylation sites (N-methyl/N-ethyl adjacent to an activating group) is 1. The number of hydrogen-bond acceptors (Lipinski definition) is 7. The molecule has 1 unspecified atom stereocenters. The molecule has 11 heteroatoms. The lowest BCUT2D eigenvalue weighted by atomic mass is 10.1. The summed E-state index contributed by atoms with van der Waals surface area (Å²) in [5, 5.41) is 0.374. The lowest BCUT2D eigenvalue weighted by molar-refractivity contribution is -0.146. The maximum atomic E-state index is 12.8. The molecule has 0 fully saturated rings. The molecule has 0 aliphatic carbocycles. The molecule has 0 amide bonds. The number of benzene rings is 1. The van der Waals surface area contributed by atoms with Crippen LogP contribution in [0.5, 0.6) is 0 Å². The van der Waals surface area contributed by atoms with E-state index in [-0.39, 0.29) is 22.8 Å². The average Bonchev–Trinajstić information content (AvgIpc) is 3.01. The van der Waals surface area contributed by atoms with Gasteiger partial charge in [0.2, 0.25) is 15.8 Å². The smallest absolute Gasteiger partial charge is 0.340 e. The Kier molecular flexibility index (Phi) is 8.22. The third kappa shape index (κ3) is 5.56. The summed E-state index contributed by atoms with van der Waals surface area (Å²) in [5.41, 5.74) is 1.21. The molecule has 9 nitrogen and oxygen atoms in total. The Morgan fingerprint density at radius 3 is 2.31 bits per heavy atom. The van der Waals surface area contributed by atoms with Gasteiger partial charge in [0.25, 0.3) is 0 Å². The number of aryl methyl sites for hydroxylation is 1. The van der Waals surface area contributed by atoms with Crippen LogP contribution in [0.4, 0.5) is 0 Å². The van der Waals surface area contributed by atoms with Crippen molar-refractivity contribution in [1.29, 1.82) is 0 Å². The molecule has 1 atom stereocenters. The third-order valence-electron chi connectivity index (χ3n) is 4.71. The van der Waals surface area contributed by atoms with Gasteiger partial charge in [0.1, 0.15) is 6.54 Å². The molecule has 1 N–H and O–H groups in total. The number of ether oxygens (including phenoxy) is 2. The van der Waals surface area contributed by atoms with E-state index >= 15 is 0 Å². The standard InChI is InChI=1S/C21H25ClN2O7S/c1-6-30-21(27)18-12(2)19(23-13(18)3)20(26)14(4)31-17(25)11-24(5)32(28,29)16-9-7-15(22)8-10-16/h7-10,14,23H,6,11H2,1-5H3. The monoisotopic (exact) mass is 484 g/mol. The molecular weight excluding hydrogens is 460 g/mol. The van der Waals surface area contributed by atoms with Crippen molar-refractivity contribution in [3.8, 4) is 0 Å². The highest BCUT2D eigenvalue weighted by atomic mass is 35.5. The Morgan fingerprint density at radius 2 is 1.75 bits per heavy atom. The van der Waals surface area contributed by atoms with Crippen molar-refractivity contribution in [3.63, 3.8) is 0 Å². The summed E-state index contributed by atoms with van der Waals surface area (Å²) in [6.45, 7) is 5.85. The zero-order chi connectivity index (χ0) is 24.2. The molecule has 0 saturated heterocycles. The number of carbonyl (C=O) groups is 3. The second-order valence-corrected chi connectivity index (χ2v) is 9.54. The Labute approximate surface area is 191 Å². The van der Waals surface area contributed by atoms with Crippen molar-refractivity contribution in [3.05, 3.63) is 51.8 Å². The van der Waals surface area contributed by atoms with Gasteiger partial charge < -0.3 is 14.5 Å². The summed E-state index contributed by atoms with van der Waals surface area (Å²) in [7, 11) is -2.73. The van der Waals surface area contributed by atoms with E-state index in [1.54, 1.807) is 20.8 Å². The zero-order valence-corrected chi connectivity index (χ0v) is 20.0. The Balaban J connectivity index is 2.09. The lowest BCUT2D eigenvalue weighted by Crippen LogP contribution is -2.35. The van der Waals surface area contributed by atoms with Gasteiger partial charge in [-0.1, -0.05) is 11.6 Å². The topological polar surface area (TPSA) is 123 Å². The maximum absolute atomic E-state index is 12.8. The molecule has 0 bridgehead atoms. The molecule has 1 heterocycles. The number of nitrogens with one attached hydrogen (secondary N) is 1. The molecule has 0 radical (unpaired) electrons. The van der Waals surface area contributed by atoms with E-state index in [1.807, 2.05) is 0 Å². The quantitative estimate of drug-likeness (QED) is 0.428. The number of carbonyl (C=O) groups excluding carboxylic acids is 3. The first-order valence-electron chi connectivity index (χ1n) is 9.72. The summed E-state index contributed by atoms with van der Waals surface area (Å²) in [5.74, 6) is -2.02. The Morgan fingerprint density at radius 1 is 1.16 bits per heavy atom. The molecule has 1 aromatic heterocycles. The van der Waals surface area contributed by atoms with Gasteiger partial charge >= 0.3 is 11.9 Å². The highest BCUT2D eigenvalue weighted by Gasteiger charge is 2.29. The highest BCUT2D eigenvalue weighted by Crippen LogP contribution is 2.21. The van der Waals surface area contributed by atoms with Gasteiger partial charge in [-0.15, -0.1) is 0 Å². The van der Waals surface area contributed by atoms with Crippen LogP contribution in [0.15, 0.2) is 29.2 Å². The number of esters is 2. The molecule has 32 heavy (non-hydrogen) atoms. The molecule has 0 spiro atoms. The summed E-state index contributed by atoms with van der Waals surface area (Å²) in [4.78, 5) is 40.0. The predicted molar refractivity (Wildman–Crippen MR) is 117 cm³/mol. The van der Waals surface area contributed by atoms with Gasteiger partial charge in [-0.2, -0.15) is 4.31 Å². The first-order valence-corrected chi connectivity index (χ1v) is 11.5. The van der Waals surface area contributed by atoms with Crippen molar-refractivity contribution in [2.24, 2.45) is 0 Å². The summed E-state index contributed by atoms with van der Waals surface area (Å²) in [6, 6.07) is 5.49. The number of Topliss-reactive ketones (excluding diaryl/α,β-unsaturated/α-hetero) is 1. The number of sulfonamides is 1. The van der Waals surface area contributed by atoms with Gasteiger partial charge in [-0.3, -0.25) is 9.59 Å². The highest BCUT2D eigenvalue weighted by molar-refractivity contribution is 7.89. The fraction of sp³-hybridized carbons (Fsp3) is 0.381. The number of hydrogen-bond donors (Lipinski definition) is 1. The van der Waals surface area contributed by atoms with E-state index in [0.29, 0.717) is 16.3 Å². The largest absolute Gasteiger partial charge is 0.462 e. The number of halogens is 1. The SMILES string of the molecule is CCOC(=O)c1c(C)[nH]c(C(=O)C(C)OC(=O)CN(C)S(=O)(=O)c2ccc(Cl)cc2)c1C. The predicted octanol–water partition coefficient (Wildman–Crippen LogP) is 2.90. The number of H-pyrrole nitrogens is 1.